The number of aryl methyl sites for hydroxylation is 2. The number of ketones is 1. The van der Waals surface area contributed by atoms with Gasteiger partial charge in [0, 0.05) is 5.56 Å². The van der Waals surface area contributed by atoms with Gasteiger partial charge in [0.25, 0.3) is 0 Å². The van der Waals surface area contributed by atoms with Crippen LogP contribution in [0.5, 0.6) is 0 Å². The molecule has 5 rings (SSSR count). The van der Waals surface area contributed by atoms with Crippen LogP contribution < -0.4 is 0 Å². The Balaban J connectivity index is 2.04. The fraction of sp³-hybridized carbons (Fsp3) is 0.143. The normalized spacial score (nSPS) is 11.6. The van der Waals surface area contributed by atoms with Gasteiger partial charge in [-0.05, 0) is 123 Å². The van der Waals surface area contributed by atoms with Crippen LogP contribution in [0.4, 0.5) is 0 Å². The molecule has 146 valence electrons. The van der Waals surface area contributed by atoms with Crippen LogP contribution in [0.15, 0.2) is 54.6 Å². The molecule has 0 bridgehead atoms. The minimum absolute atomic E-state index is 0.437. The molecular formula is C28H22O2. The minimum atomic E-state index is -0.474. The summed E-state index contributed by atoms with van der Waals surface area (Å²) in [6.07, 6.45) is 0.437. The third kappa shape index (κ3) is 2.50. The van der Waals surface area contributed by atoms with Crippen molar-refractivity contribution < 1.29 is 9.59 Å². The van der Waals surface area contributed by atoms with Crippen LogP contribution in [-0.4, -0.2) is 12.1 Å². The molecule has 5 aromatic rings. The Morgan fingerprint density at radius 1 is 0.600 bits per heavy atom. The quantitative estimate of drug-likeness (QED) is 0.142. The lowest BCUT2D eigenvalue weighted by molar-refractivity contribution is -0.104. The van der Waals surface area contributed by atoms with Crippen molar-refractivity contribution in [2.45, 2.75) is 27.7 Å². The Morgan fingerprint density at radius 3 is 1.70 bits per heavy atom. The minimum Gasteiger partial charge on any atom is -0.294 e. The Hall–Kier alpha value is -3.52. The van der Waals surface area contributed by atoms with Crippen LogP contribution in [0.2, 0.25) is 0 Å². The molecule has 0 aliphatic heterocycles. The molecule has 0 saturated carbocycles. The maximum atomic E-state index is 12.8. The SMILES string of the molecule is Cc1c(C)c(C)c2cc3c(C(=O)C=O)c4cc5ccccc5cc4cc3cc2c1C. The molecule has 0 N–H and O–H groups in total. The zero-order valence-corrected chi connectivity index (χ0v) is 17.6. The van der Waals surface area contributed by atoms with Crippen molar-refractivity contribution in [1.29, 1.82) is 0 Å². The van der Waals surface area contributed by atoms with E-state index in [1.807, 2.05) is 24.3 Å². The summed E-state index contributed by atoms with van der Waals surface area (Å²) in [5.74, 6) is -0.474. The summed E-state index contributed by atoms with van der Waals surface area (Å²) >= 11 is 0. The highest BCUT2D eigenvalue weighted by atomic mass is 16.2. The molecule has 5 aromatic carbocycles. The summed E-state index contributed by atoms with van der Waals surface area (Å²) in [7, 11) is 0. The van der Waals surface area contributed by atoms with Crippen molar-refractivity contribution in [2.24, 2.45) is 0 Å². The van der Waals surface area contributed by atoms with Crippen LogP contribution in [0.25, 0.3) is 43.1 Å². The summed E-state index contributed by atoms with van der Waals surface area (Å²) in [5, 5.41) is 8.15. The van der Waals surface area contributed by atoms with E-state index in [0.29, 0.717) is 11.8 Å². The number of Topliss-reactive ketones (excluding diaryl/α,β-unsaturated/α-hetero) is 1. The van der Waals surface area contributed by atoms with Gasteiger partial charge in [-0.3, -0.25) is 9.59 Å². The van der Waals surface area contributed by atoms with Gasteiger partial charge in [0.15, 0.2) is 6.29 Å². The van der Waals surface area contributed by atoms with Gasteiger partial charge in [0.2, 0.25) is 5.78 Å². The molecule has 2 heteroatoms. The molecule has 0 saturated heterocycles. The number of aldehydes is 1. The predicted octanol–water partition coefficient (Wildman–Crippen LogP) is 6.91. The molecule has 0 atom stereocenters. The second-order valence-corrected chi connectivity index (χ2v) is 8.27. The molecule has 2 nitrogen and oxygen atoms in total. The van der Waals surface area contributed by atoms with Crippen molar-refractivity contribution in [2.75, 3.05) is 0 Å². The third-order valence-corrected chi connectivity index (χ3v) is 6.81. The zero-order chi connectivity index (χ0) is 21.2. The van der Waals surface area contributed by atoms with Gasteiger partial charge in [-0.1, -0.05) is 24.3 Å². The first kappa shape index (κ1) is 18.5. The number of rotatable bonds is 2. The largest absolute Gasteiger partial charge is 0.294 e. The number of hydrogen-bond donors (Lipinski definition) is 0. The van der Waals surface area contributed by atoms with E-state index in [-0.39, 0.29) is 0 Å². The summed E-state index contributed by atoms with van der Waals surface area (Å²) in [6.45, 7) is 8.59. The van der Waals surface area contributed by atoms with Crippen molar-refractivity contribution in [3.05, 3.63) is 82.4 Å². The highest BCUT2D eigenvalue weighted by Gasteiger charge is 2.18. The molecule has 0 heterocycles. The lowest BCUT2D eigenvalue weighted by atomic mass is 9.87. The fourth-order valence-corrected chi connectivity index (χ4v) is 4.77. The molecule has 0 unspecified atom stereocenters. The second-order valence-electron chi connectivity index (χ2n) is 8.27. The van der Waals surface area contributed by atoms with E-state index in [4.69, 9.17) is 0 Å². The van der Waals surface area contributed by atoms with Crippen LogP contribution in [0, 0.1) is 27.7 Å². The van der Waals surface area contributed by atoms with E-state index in [0.717, 1.165) is 37.7 Å². The molecule has 0 aliphatic rings. The summed E-state index contributed by atoms with van der Waals surface area (Å²) in [5.41, 5.74) is 5.56. The van der Waals surface area contributed by atoms with Gasteiger partial charge in [0.05, 0.1) is 0 Å². The maximum Gasteiger partial charge on any atom is 0.226 e. The lowest BCUT2D eigenvalue weighted by Crippen LogP contribution is -2.03. The first-order valence-electron chi connectivity index (χ1n) is 10.2. The number of fused-ring (bicyclic) bond motifs is 4. The van der Waals surface area contributed by atoms with E-state index in [2.05, 4.69) is 58.0 Å². The van der Waals surface area contributed by atoms with E-state index in [1.165, 1.54) is 27.6 Å². The van der Waals surface area contributed by atoms with E-state index in [1.54, 1.807) is 0 Å². The summed E-state index contributed by atoms with van der Waals surface area (Å²) in [4.78, 5) is 24.4. The Labute approximate surface area is 175 Å². The van der Waals surface area contributed by atoms with Gasteiger partial charge < -0.3 is 0 Å². The van der Waals surface area contributed by atoms with Crippen molar-refractivity contribution >= 4 is 55.2 Å². The summed E-state index contributed by atoms with van der Waals surface area (Å²) in [6, 6.07) is 18.7. The van der Waals surface area contributed by atoms with Crippen molar-refractivity contribution in [3.63, 3.8) is 0 Å². The van der Waals surface area contributed by atoms with Gasteiger partial charge in [-0.2, -0.15) is 0 Å². The van der Waals surface area contributed by atoms with Crippen molar-refractivity contribution in [3.8, 4) is 0 Å². The molecule has 0 aromatic heterocycles. The topological polar surface area (TPSA) is 34.1 Å². The second kappa shape index (κ2) is 6.50. The van der Waals surface area contributed by atoms with Crippen LogP contribution >= 0.6 is 0 Å². The first-order chi connectivity index (χ1) is 14.4. The van der Waals surface area contributed by atoms with Gasteiger partial charge in [-0.15, -0.1) is 0 Å². The Kier molecular flexibility index (Phi) is 4.01. The van der Waals surface area contributed by atoms with E-state index in [9.17, 15) is 9.59 Å². The first-order valence-corrected chi connectivity index (χ1v) is 10.2. The predicted molar refractivity (Wildman–Crippen MR) is 126 cm³/mol. The molecule has 0 spiro atoms. The van der Waals surface area contributed by atoms with Gasteiger partial charge in [-0.25, -0.2) is 0 Å². The number of carbonyl (C=O) groups is 2. The van der Waals surface area contributed by atoms with Crippen molar-refractivity contribution in [1.82, 2.24) is 0 Å². The van der Waals surface area contributed by atoms with Crippen LogP contribution in [0.3, 0.4) is 0 Å². The molecular weight excluding hydrogens is 368 g/mol. The van der Waals surface area contributed by atoms with Crippen LogP contribution in [-0.2, 0) is 4.79 Å². The lowest BCUT2D eigenvalue weighted by Gasteiger charge is -2.17. The fourth-order valence-electron chi connectivity index (χ4n) is 4.77. The number of hydrogen-bond acceptors (Lipinski definition) is 2. The Morgan fingerprint density at radius 2 is 1.07 bits per heavy atom. The maximum absolute atomic E-state index is 12.8. The smallest absolute Gasteiger partial charge is 0.226 e. The average Bonchev–Trinajstić information content (AvgIpc) is 2.77. The third-order valence-electron chi connectivity index (χ3n) is 6.81. The van der Waals surface area contributed by atoms with Gasteiger partial charge >= 0.3 is 0 Å². The molecule has 0 aliphatic carbocycles. The molecule has 0 amide bonds. The van der Waals surface area contributed by atoms with E-state index < -0.39 is 5.78 Å². The summed E-state index contributed by atoms with van der Waals surface area (Å²) < 4.78 is 0. The zero-order valence-electron chi connectivity index (χ0n) is 17.6. The monoisotopic (exact) mass is 390 g/mol. The highest BCUT2D eigenvalue weighted by Crippen LogP contribution is 2.37. The average molecular weight is 390 g/mol. The molecule has 30 heavy (non-hydrogen) atoms. The standard InChI is InChI=1S/C28H22O2/c1-15-16(2)18(4)24-13-26-22(12-23(24)17(15)3)10-21-9-19-7-5-6-8-20(19)11-25(21)28(26)27(30)14-29/h5-14H,1-4H3. The highest BCUT2D eigenvalue weighted by molar-refractivity contribution is 6.40. The van der Waals surface area contributed by atoms with E-state index >= 15 is 0 Å². The van der Waals surface area contributed by atoms with Crippen LogP contribution in [0.1, 0.15) is 32.6 Å². The number of carbonyl (C=O) groups excluding carboxylic acids is 2. The number of benzene rings is 5. The molecule has 0 radical (unpaired) electrons. The van der Waals surface area contributed by atoms with Gasteiger partial charge in [0.1, 0.15) is 0 Å². The molecule has 0 fully saturated rings. The Bertz CT molecular complexity index is 1550.